The van der Waals surface area contributed by atoms with E-state index in [4.69, 9.17) is 14.2 Å². The lowest BCUT2D eigenvalue weighted by Gasteiger charge is -2.46. The van der Waals surface area contributed by atoms with Crippen molar-refractivity contribution in [1.29, 1.82) is 0 Å². The van der Waals surface area contributed by atoms with Crippen molar-refractivity contribution in [3.8, 4) is 17.2 Å². The van der Waals surface area contributed by atoms with Crippen LogP contribution in [0, 0.1) is 0 Å². The van der Waals surface area contributed by atoms with Crippen LogP contribution in [0.15, 0.2) is 42.5 Å². The molecule has 0 aromatic heterocycles. The van der Waals surface area contributed by atoms with Crippen molar-refractivity contribution in [3.05, 3.63) is 53.6 Å². The first-order valence-electron chi connectivity index (χ1n) is 8.42. The van der Waals surface area contributed by atoms with Crippen LogP contribution in [0.3, 0.4) is 0 Å². The number of fused-ring (bicyclic) bond motifs is 2. The van der Waals surface area contributed by atoms with Gasteiger partial charge in [0, 0.05) is 24.9 Å². The average molecular weight is 337 g/mol. The number of anilines is 1. The summed E-state index contributed by atoms with van der Waals surface area (Å²) in [5.74, 6) is 2.24. The number of nitrogens with zero attached hydrogens (tertiary/aromatic N) is 1. The minimum atomic E-state index is -0.596. The Kier molecular flexibility index (Phi) is 3.29. The van der Waals surface area contributed by atoms with Gasteiger partial charge in [0.15, 0.2) is 0 Å². The van der Waals surface area contributed by atoms with Crippen molar-refractivity contribution in [3.63, 3.8) is 0 Å². The quantitative estimate of drug-likeness (QED) is 0.820. The minimum absolute atomic E-state index is 0.219. The fourth-order valence-electron chi connectivity index (χ4n) is 4.11. The Bertz CT molecular complexity index is 871. The van der Waals surface area contributed by atoms with E-state index in [-0.39, 0.29) is 5.41 Å². The third-order valence-electron chi connectivity index (χ3n) is 5.61. The summed E-state index contributed by atoms with van der Waals surface area (Å²) < 4.78 is 17.6. The summed E-state index contributed by atoms with van der Waals surface area (Å²) >= 11 is 0. The first kappa shape index (κ1) is 15.9. The van der Waals surface area contributed by atoms with Gasteiger partial charge in [0.2, 0.25) is 5.72 Å². The second-order valence-electron chi connectivity index (χ2n) is 7.07. The maximum Gasteiger partial charge on any atom is 0.211 e. The molecule has 2 aliphatic heterocycles. The number of hydrogen-bond donors (Lipinski definition) is 0. The highest BCUT2D eigenvalue weighted by atomic mass is 16.5. The standard InChI is InChI=1S/C21H23NO3/c1-20(2)16-8-6-7-9-17(16)22(3)21(20)11-10-15-18(24-5)12-14(23-4)13-19(15)25-21/h6-13H,1-5H3/t21-/m1/s1. The summed E-state index contributed by atoms with van der Waals surface area (Å²) in [6.07, 6.45) is 4.24. The Labute approximate surface area is 148 Å². The van der Waals surface area contributed by atoms with Crippen molar-refractivity contribution in [2.75, 3.05) is 26.2 Å². The van der Waals surface area contributed by atoms with Gasteiger partial charge in [0.1, 0.15) is 17.2 Å². The highest BCUT2D eigenvalue weighted by Gasteiger charge is 2.57. The number of rotatable bonds is 2. The molecule has 0 radical (unpaired) electrons. The maximum absolute atomic E-state index is 6.65. The Balaban J connectivity index is 1.89. The van der Waals surface area contributed by atoms with Crippen molar-refractivity contribution in [1.82, 2.24) is 0 Å². The van der Waals surface area contributed by atoms with E-state index in [0.717, 1.165) is 22.8 Å². The number of benzene rings is 2. The second kappa shape index (κ2) is 5.19. The normalized spacial score (nSPS) is 22.4. The molecule has 0 N–H and O–H groups in total. The summed E-state index contributed by atoms with van der Waals surface area (Å²) in [4.78, 5) is 2.22. The Morgan fingerprint density at radius 2 is 1.80 bits per heavy atom. The highest BCUT2D eigenvalue weighted by Crippen LogP contribution is 2.55. The van der Waals surface area contributed by atoms with Crippen LogP contribution >= 0.6 is 0 Å². The second-order valence-corrected chi connectivity index (χ2v) is 7.07. The Hall–Kier alpha value is -2.62. The van der Waals surface area contributed by atoms with Gasteiger partial charge < -0.3 is 19.1 Å². The van der Waals surface area contributed by atoms with Crippen LogP contribution in [0.4, 0.5) is 5.69 Å². The molecular weight excluding hydrogens is 314 g/mol. The molecule has 2 aromatic rings. The molecule has 0 fully saturated rings. The van der Waals surface area contributed by atoms with Crippen molar-refractivity contribution >= 4 is 11.8 Å². The fraction of sp³-hybridized carbons (Fsp3) is 0.333. The number of hydrogen-bond acceptors (Lipinski definition) is 4. The smallest absolute Gasteiger partial charge is 0.211 e. The van der Waals surface area contributed by atoms with E-state index in [1.807, 2.05) is 12.1 Å². The molecule has 0 amide bonds. The summed E-state index contributed by atoms with van der Waals surface area (Å²) in [7, 11) is 5.39. The van der Waals surface area contributed by atoms with Crippen molar-refractivity contribution in [2.24, 2.45) is 0 Å². The molecule has 2 aliphatic rings. The summed E-state index contributed by atoms with van der Waals surface area (Å²) in [5.41, 5.74) is 2.59. The largest absolute Gasteiger partial charge is 0.496 e. The molecule has 0 bridgehead atoms. The predicted octanol–water partition coefficient (Wildman–Crippen LogP) is 4.23. The highest BCUT2D eigenvalue weighted by molar-refractivity contribution is 5.74. The van der Waals surface area contributed by atoms with E-state index in [0.29, 0.717) is 0 Å². The summed E-state index contributed by atoms with van der Waals surface area (Å²) in [6, 6.07) is 12.3. The lowest BCUT2D eigenvalue weighted by Crippen LogP contribution is -2.58. The van der Waals surface area contributed by atoms with Crippen LogP contribution in [0.5, 0.6) is 17.2 Å². The zero-order valence-electron chi connectivity index (χ0n) is 15.3. The third kappa shape index (κ3) is 1.94. The van der Waals surface area contributed by atoms with E-state index < -0.39 is 5.72 Å². The maximum atomic E-state index is 6.65. The topological polar surface area (TPSA) is 30.9 Å². The molecule has 2 heterocycles. The van der Waals surface area contributed by atoms with Crippen molar-refractivity contribution in [2.45, 2.75) is 25.0 Å². The number of likely N-dealkylation sites (N-methyl/N-ethyl adjacent to an activating group) is 1. The molecule has 0 unspecified atom stereocenters. The van der Waals surface area contributed by atoms with Gasteiger partial charge >= 0.3 is 0 Å². The van der Waals surface area contributed by atoms with Crippen LogP contribution in [-0.2, 0) is 5.41 Å². The lowest BCUT2D eigenvalue weighted by molar-refractivity contribution is 0.0576. The molecule has 130 valence electrons. The zero-order chi connectivity index (χ0) is 17.8. The van der Waals surface area contributed by atoms with Gasteiger partial charge in [-0.2, -0.15) is 0 Å². The van der Waals surface area contributed by atoms with Gasteiger partial charge in [-0.1, -0.05) is 18.2 Å². The molecule has 25 heavy (non-hydrogen) atoms. The van der Waals surface area contributed by atoms with E-state index in [1.165, 1.54) is 11.3 Å². The van der Waals surface area contributed by atoms with Crippen LogP contribution in [0.1, 0.15) is 25.0 Å². The molecule has 1 atom stereocenters. The minimum Gasteiger partial charge on any atom is -0.496 e. The number of para-hydroxylation sites is 1. The monoisotopic (exact) mass is 337 g/mol. The molecule has 0 saturated carbocycles. The van der Waals surface area contributed by atoms with E-state index in [1.54, 1.807) is 14.2 Å². The van der Waals surface area contributed by atoms with Gasteiger partial charge in [-0.15, -0.1) is 0 Å². The van der Waals surface area contributed by atoms with E-state index in [2.05, 4.69) is 62.2 Å². The van der Waals surface area contributed by atoms with Gasteiger partial charge in [0.05, 0.1) is 25.2 Å². The van der Waals surface area contributed by atoms with Gasteiger partial charge in [-0.25, -0.2) is 0 Å². The zero-order valence-corrected chi connectivity index (χ0v) is 15.3. The predicted molar refractivity (Wildman–Crippen MR) is 99.8 cm³/mol. The van der Waals surface area contributed by atoms with Gasteiger partial charge in [-0.05, 0) is 37.6 Å². The Morgan fingerprint density at radius 3 is 2.48 bits per heavy atom. The summed E-state index contributed by atoms with van der Waals surface area (Å²) in [6.45, 7) is 4.45. The lowest BCUT2D eigenvalue weighted by atomic mass is 9.76. The molecule has 4 heteroatoms. The third-order valence-corrected chi connectivity index (χ3v) is 5.61. The molecule has 4 rings (SSSR count). The molecule has 1 spiro atoms. The molecule has 2 aromatic carbocycles. The molecule has 0 aliphatic carbocycles. The van der Waals surface area contributed by atoms with Crippen LogP contribution in [0.2, 0.25) is 0 Å². The van der Waals surface area contributed by atoms with Crippen LogP contribution in [0.25, 0.3) is 6.08 Å². The first-order chi connectivity index (χ1) is 11.9. The molecular formula is C21H23NO3. The van der Waals surface area contributed by atoms with Gasteiger partial charge in [0.25, 0.3) is 0 Å². The Morgan fingerprint density at radius 1 is 1.04 bits per heavy atom. The SMILES string of the molecule is COc1cc(OC)c2c(c1)O[C@@]1(C=C2)N(C)c2ccccc2C1(C)C. The number of methoxy groups -OCH3 is 2. The van der Waals surface area contributed by atoms with E-state index in [9.17, 15) is 0 Å². The van der Waals surface area contributed by atoms with Gasteiger partial charge in [-0.3, -0.25) is 0 Å². The molecule has 0 saturated heterocycles. The van der Waals surface area contributed by atoms with E-state index >= 15 is 0 Å². The van der Waals surface area contributed by atoms with Crippen LogP contribution in [-0.4, -0.2) is 27.0 Å². The fourth-order valence-corrected chi connectivity index (χ4v) is 4.11. The average Bonchev–Trinajstić information content (AvgIpc) is 2.79. The first-order valence-corrected chi connectivity index (χ1v) is 8.42. The number of ether oxygens (including phenoxy) is 3. The van der Waals surface area contributed by atoms with Crippen LogP contribution < -0.4 is 19.1 Å². The van der Waals surface area contributed by atoms with Crippen molar-refractivity contribution < 1.29 is 14.2 Å². The molecule has 4 nitrogen and oxygen atoms in total. The summed E-state index contributed by atoms with van der Waals surface area (Å²) in [5, 5.41) is 0.